The molecule has 1 aliphatic carbocycles. The summed E-state index contributed by atoms with van der Waals surface area (Å²) in [7, 11) is 0. The second-order valence-electron chi connectivity index (χ2n) is 3.05. The molecule has 0 amide bonds. The van der Waals surface area contributed by atoms with Gasteiger partial charge in [0.25, 0.3) is 0 Å². The second kappa shape index (κ2) is 1.50. The van der Waals surface area contributed by atoms with E-state index in [2.05, 4.69) is 20.8 Å². The average molecular weight is 98.2 g/mol. The van der Waals surface area contributed by atoms with Crippen LogP contribution in [0.4, 0.5) is 0 Å². The molecular weight excluding hydrogens is 84.1 g/mol. The Kier molecular flexibility index (Phi) is 1.10. The van der Waals surface area contributed by atoms with Crippen molar-refractivity contribution >= 4 is 0 Å². The molecule has 0 spiro atoms. The Hall–Kier alpha value is 0. The smallest absolute Gasteiger partial charge is 0.0391 e. The highest BCUT2D eigenvalue weighted by Gasteiger charge is 2.29. The van der Waals surface area contributed by atoms with Gasteiger partial charge >= 0.3 is 0 Å². The van der Waals surface area contributed by atoms with Crippen molar-refractivity contribution in [3.63, 3.8) is 0 Å². The van der Waals surface area contributed by atoms with E-state index in [4.69, 9.17) is 0 Å². The molecule has 2 atom stereocenters. The zero-order valence-corrected chi connectivity index (χ0v) is 5.44. The summed E-state index contributed by atoms with van der Waals surface area (Å²) >= 11 is 0. The van der Waals surface area contributed by atoms with Gasteiger partial charge in [0.2, 0.25) is 0 Å². The molecule has 42 valence electrons. The van der Waals surface area contributed by atoms with Crippen molar-refractivity contribution in [1.82, 2.24) is 0 Å². The second-order valence-corrected chi connectivity index (χ2v) is 3.05. The molecule has 0 bridgehead atoms. The van der Waals surface area contributed by atoms with Crippen LogP contribution in [0.1, 0.15) is 27.2 Å². The van der Waals surface area contributed by atoms with Crippen LogP contribution < -0.4 is 0 Å². The Morgan fingerprint density at radius 2 is 1.43 bits per heavy atom. The molecular formula is C7H14. The Morgan fingerprint density at radius 1 is 1.00 bits per heavy atom. The normalized spacial score (nSPS) is 51.0. The van der Waals surface area contributed by atoms with E-state index in [9.17, 15) is 0 Å². The van der Waals surface area contributed by atoms with Gasteiger partial charge in [0.1, 0.15) is 0 Å². The molecule has 2 unspecified atom stereocenters. The summed E-state index contributed by atoms with van der Waals surface area (Å²) in [4.78, 5) is 0. The van der Waals surface area contributed by atoms with Gasteiger partial charge in [-0.25, -0.2) is 0 Å². The van der Waals surface area contributed by atoms with Crippen molar-refractivity contribution in [3.05, 3.63) is 0 Å². The molecule has 0 radical (unpaired) electrons. The Bertz CT molecular complexity index is 58.4. The van der Waals surface area contributed by atoms with Crippen LogP contribution in [0.2, 0.25) is 0 Å². The number of hydrogen-bond donors (Lipinski definition) is 0. The summed E-state index contributed by atoms with van der Waals surface area (Å²) in [6.45, 7) is 7.02. The molecule has 1 aliphatic rings. The SMILES string of the molecule is CC1CC(C)C1C. The lowest BCUT2D eigenvalue weighted by Crippen LogP contribution is -2.29. The molecule has 0 aromatic carbocycles. The van der Waals surface area contributed by atoms with Gasteiger partial charge < -0.3 is 0 Å². The van der Waals surface area contributed by atoms with Crippen molar-refractivity contribution in [2.24, 2.45) is 17.8 Å². The first-order chi connectivity index (χ1) is 3.22. The Morgan fingerprint density at radius 3 is 1.43 bits per heavy atom. The largest absolute Gasteiger partial charge is 0.0622 e. The standard InChI is InChI=1S/C7H14/c1-5-4-6(2)7(5)3/h5-7H,4H2,1-3H3. The van der Waals surface area contributed by atoms with Crippen molar-refractivity contribution in [2.75, 3.05) is 0 Å². The van der Waals surface area contributed by atoms with Crippen LogP contribution >= 0.6 is 0 Å². The minimum Gasteiger partial charge on any atom is -0.0622 e. The summed E-state index contributed by atoms with van der Waals surface area (Å²) in [5.74, 6) is 3.02. The summed E-state index contributed by atoms with van der Waals surface area (Å²) in [5.41, 5.74) is 0. The lowest BCUT2D eigenvalue weighted by molar-refractivity contribution is 0.120. The lowest BCUT2D eigenvalue weighted by Gasteiger charge is -2.38. The summed E-state index contributed by atoms with van der Waals surface area (Å²) in [5, 5.41) is 0. The van der Waals surface area contributed by atoms with Gasteiger partial charge in [-0.15, -0.1) is 0 Å². The molecule has 0 heteroatoms. The average Bonchev–Trinajstić information content (AvgIpc) is 1.68. The van der Waals surface area contributed by atoms with Crippen molar-refractivity contribution in [2.45, 2.75) is 27.2 Å². The van der Waals surface area contributed by atoms with Crippen molar-refractivity contribution in [3.8, 4) is 0 Å². The molecule has 0 aromatic rings. The van der Waals surface area contributed by atoms with Gasteiger partial charge in [0, 0.05) is 0 Å². The van der Waals surface area contributed by atoms with E-state index >= 15 is 0 Å². The monoisotopic (exact) mass is 98.1 g/mol. The number of rotatable bonds is 0. The van der Waals surface area contributed by atoms with Crippen LogP contribution in [0.25, 0.3) is 0 Å². The topological polar surface area (TPSA) is 0 Å². The summed E-state index contributed by atoms with van der Waals surface area (Å²) in [6.07, 6.45) is 1.46. The molecule has 0 aliphatic heterocycles. The third kappa shape index (κ3) is 0.667. The van der Waals surface area contributed by atoms with Gasteiger partial charge in [-0.05, 0) is 24.2 Å². The van der Waals surface area contributed by atoms with Gasteiger partial charge in [0.15, 0.2) is 0 Å². The molecule has 0 saturated heterocycles. The molecule has 1 saturated carbocycles. The zero-order valence-electron chi connectivity index (χ0n) is 5.44. The first-order valence-corrected chi connectivity index (χ1v) is 3.22. The molecule has 0 nitrogen and oxygen atoms in total. The maximum Gasteiger partial charge on any atom is -0.0391 e. The summed E-state index contributed by atoms with van der Waals surface area (Å²) < 4.78 is 0. The lowest BCUT2D eigenvalue weighted by atomic mass is 9.68. The summed E-state index contributed by atoms with van der Waals surface area (Å²) in [6, 6.07) is 0. The number of hydrogen-bond acceptors (Lipinski definition) is 0. The van der Waals surface area contributed by atoms with Crippen molar-refractivity contribution in [1.29, 1.82) is 0 Å². The molecule has 1 rings (SSSR count). The fourth-order valence-electron chi connectivity index (χ4n) is 1.38. The molecule has 7 heavy (non-hydrogen) atoms. The fourth-order valence-corrected chi connectivity index (χ4v) is 1.38. The third-order valence-electron chi connectivity index (χ3n) is 2.54. The van der Waals surface area contributed by atoms with E-state index in [0.717, 1.165) is 17.8 Å². The minimum absolute atomic E-state index is 1.000. The van der Waals surface area contributed by atoms with Crippen LogP contribution in [0.3, 0.4) is 0 Å². The van der Waals surface area contributed by atoms with Gasteiger partial charge in [-0.3, -0.25) is 0 Å². The maximum atomic E-state index is 2.35. The molecule has 0 N–H and O–H groups in total. The van der Waals surface area contributed by atoms with Crippen molar-refractivity contribution < 1.29 is 0 Å². The van der Waals surface area contributed by atoms with Crippen LogP contribution in [0, 0.1) is 17.8 Å². The molecule has 0 heterocycles. The zero-order chi connectivity index (χ0) is 5.44. The Balaban J connectivity index is 2.29. The first-order valence-electron chi connectivity index (χ1n) is 3.22. The first kappa shape index (κ1) is 5.14. The quantitative estimate of drug-likeness (QED) is 0.436. The highest BCUT2D eigenvalue weighted by atomic mass is 14.3. The van der Waals surface area contributed by atoms with Gasteiger partial charge in [-0.2, -0.15) is 0 Å². The minimum atomic E-state index is 1.000. The fraction of sp³-hybridized carbons (Fsp3) is 1.00. The Labute approximate surface area is 45.9 Å². The van der Waals surface area contributed by atoms with E-state index in [1.165, 1.54) is 6.42 Å². The molecule has 1 fully saturated rings. The highest BCUT2D eigenvalue weighted by Crippen LogP contribution is 2.38. The van der Waals surface area contributed by atoms with E-state index in [-0.39, 0.29) is 0 Å². The van der Waals surface area contributed by atoms with E-state index in [1.807, 2.05) is 0 Å². The van der Waals surface area contributed by atoms with Gasteiger partial charge in [0.05, 0.1) is 0 Å². The predicted molar refractivity (Wildman–Crippen MR) is 32.1 cm³/mol. The highest BCUT2D eigenvalue weighted by molar-refractivity contribution is 4.79. The molecule has 0 aromatic heterocycles. The van der Waals surface area contributed by atoms with Crippen LogP contribution in [-0.2, 0) is 0 Å². The third-order valence-corrected chi connectivity index (χ3v) is 2.54. The van der Waals surface area contributed by atoms with E-state index in [1.54, 1.807) is 0 Å². The van der Waals surface area contributed by atoms with E-state index in [0.29, 0.717) is 0 Å². The maximum absolute atomic E-state index is 2.35. The van der Waals surface area contributed by atoms with Gasteiger partial charge in [-0.1, -0.05) is 20.8 Å². The van der Waals surface area contributed by atoms with Crippen LogP contribution in [0.5, 0.6) is 0 Å². The van der Waals surface area contributed by atoms with Crippen LogP contribution in [0.15, 0.2) is 0 Å². The van der Waals surface area contributed by atoms with E-state index < -0.39 is 0 Å². The predicted octanol–water partition coefficient (Wildman–Crippen LogP) is 2.30. The van der Waals surface area contributed by atoms with Crippen LogP contribution in [-0.4, -0.2) is 0 Å².